The highest BCUT2D eigenvalue weighted by Crippen LogP contribution is 2.38. The number of hydrogen-bond acceptors (Lipinski definition) is 3. The third-order valence-electron chi connectivity index (χ3n) is 5.00. The minimum Gasteiger partial charge on any atom is -0.481 e. The van der Waals surface area contributed by atoms with E-state index in [2.05, 4.69) is 4.98 Å². The van der Waals surface area contributed by atoms with Gasteiger partial charge in [0.1, 0.15) is 0 Å². The number of carbonyl (C=O) groups is 1. The van der Waals surface area contributed by atoms with Crippen molar-refractivity contribution in [2.24, 2.45) is 5.92 Å². The molecule has 7 heteroatoms. The molecule has 2 unspecified atom stereocenters. The number of nitrogens with zero attached hydrogens (tertiary/aromatic N) is 2. The van der Waals surface area contributed by atoms with Gasteiger partial charge in [0.2, 0.25) is 0 Å². The summed E-state index contributed by atoms with van der Waals surface area (Å²) in [6.45, 7) is 0.798. The molecule has 27 heavy (non-hydrogen) atoms. The number of carboxylic acid groups (broad SMARTS) is 1. The van der Waals surface area contributed by atoms with Crippen LogP contribution in [0.2, 0.25) is 0 Å². The van der Waals surface area contributed by atoms with Crippen LogP contribution in [0.3, 0.4) is 0 Å². The Morgan fingerprint density at radius 2 is 1.96 bits per heavy atom. The maximum Gasteiger partial charge on any atom is 0.416 e. The fourth-order valence-electron chi connectivity index (χ4n) is 3.69. The SMILES string of the molecule is O=C(O)C1CCCN(C(Cc2ccccn2)c2ccccc2C(F)(F)F)C1. The number of likely N-dealkylation sites (tertiary alicyclic amines) is 1. The second kappa shape index (κ2) is 8.08. The van der Waals surface area contributed by atoms with Gasteiger partial charge in [-0.25, -0.2) is 0 Å². The first kappa shape index (κ1) is 19.4. The molecular weight excluding hydrogens is 357 g/mol. The van der Waals surface area contributed by atoms with Crippen LogP contribution in [0.5, 0.6) is 0 Å². The monoisotopic (exact) mass is 378 g/mol. The van der Waals surface area contributed by atoms with Gasteiger partial charge in [0.15, 0.2) is 0 Å². The Balaban J connectivity index is 1.99. The van der Waals surface area contributed by atoms with E-state index in [-0.39, 0.29) is 12.1 Å². The van der Waals surface area contributed by atoms with E-state index in [1.165, 1.54) is 12.1 Å². The number of carboxylic acids is 1. The predicted octanol–water partition coefficient (Wildman–Crippen LogP) is 4.18. The first-order valence-electron chi connectivity index (χ1n) is 8.89. The van der Waals surface area contributed by atoms with Crippen LogP contribution in [0.1, 0.15) is 35.7 Å². The van der Waals surface area contributed by atoms with E-state index >= 15 is 0 Å². The molecule has 3 rings (SSSR count). The van der Waals surface area contributed by atoms with E-state index in [9.17, 15) is 23.1 Å². The van der Waals surface area contributed by atoms with Crippen molar-refractivity contribution in [1.29, 1.82) is 0 Å². The molecule has 1 aliphatic rings. The van der Waals surface area contributed by atoms with Crippen LogP contribution < -0.4 is 0 Å². The van der Waals surface area contributed by atoms with Gasteiger partial charge in [0.05, 0.1) is 11.5 Å². The van der Waals surface area contributed by atoms with Crippen molar-refractivity contribution in [3.05, 3.63) is 65.5 Å². The zero-order valence-electron chi connectivity index (χ0n) is 14.7. The van der Waals surface area contributed by atoms with Crippen molar-refractivity contribution in [3.63, 3.8) is 0 Å². The standard InChI is InChI=1S/C20H21F3N2O2/c21-20(22,23)17-9-2-1-8-16(17)18(12-15-7-3-4-10-24-15)25-11-5-6-14(13-25)19(26)27/h1-4,7-10,14,18H,5-6,11-13H2,(H,26,27). The Morgan fingerprint density at radius 3 is 2.63 bits per heavy atom. The summed E-state index contributed by atoms with van der Waals surface area (Å²) in [5.41, 5.74) is 0.169. The Labute approximate surface area is 155 Å². The molecule has 2 atom stereocenters. The van der Waals surface area contributed by atoms with Crippen LogP contribution in [0.15, 0.2) is 48.7 Å². The van der Waals surface area contributed by atoms with Crippen molar-refractivity contribution in [3.8, 4) is 0 Å². The zero-order valence-corrected chi connectivity index (χ0v) is 14.7. The van der Waals surface area contributed by atoms with Crippen molar-refractivity contribution < 1.29 is 23.1 Å². The Morgan fingerprint density at radius 1 is 1.22 bits per heavy atom. The molecule has 1 fully saturated rings. The molecule has 0 radical (unpaired) electrons. The summed E-state index contributed by atoms with van der Waals surface area (Å²) >= 11 is 0. The van der Waals surface area contributed by atoms with Crippen molar-refractivity contribution in [2.45, 2.75) is 31.5 Å². The van der Waals surface area contributed by atoms with Crippen LogP contribution in [-0.4, -0.2) is 34.0 Å². The fraction of sp³-hybridized carbons (Fsp3) is 0.400. The van der Waals surface area contributed by atoms with Crippen molar-refractivity contribution in [1.82, 2.24) is 9.88 Å². The highest BCUT2D eigenvalue weighted by Gasteiger charge is 2.38. The Bertz CT molecular complexity index is 780. The number of piperidine rings is 1. The second-order valence-corrected chi connectivity index (χ2v) is 6.80. The minimum absolute atomic E-state index is 0.168. The molecule has 1 aliphatic heterocycles. The summed E-state index contributed by atoms with van der Waals surface area (Å²) in [6, 6.07) is 10.3. The van der Waals surface area contributed by atoms with Gasteiger partial charge in [-0.05, 0) is 43.1 Å². The molecule has 0 bridgehead atoms. The van der Waals surface area contributed by atoms with Gasteiger partial charge in [-0.3, -0.25) is 14.7 Å². The fourth-order valence-corrected chi connectivity index (χ4v) is 3.69. The van der Waals surface area contributed by atoms with Crippen molar-refractivity contribution >= 4 is 5.97 Å². The summed E-state index contributed by atoms with van der Waals surface area (Å²) < 4.78 is 40.8. The van der Waals surface area contributed by atoms with E-state index in [0.717, 1.165) is 6.07 Å². The lowest BCUT2D eigenvalue weighted by Gasteiger charge is -2.38. The van der Waals surface area contributed by atoms with Crippen LogP contribution in [-0.2, 0) is 17.4 Å². The molecule has 0 aliphatic carbocycles. The van der Waals surface area contributed by atoms with E-state index in [0.29, 0.717) is 31.5 Å². The Kier molecular flexibility index (Phi) is 5.79. The molecule has 0 spiro atoms. The first-order valence-corrected chi connectivity index (χ1v) is 8.89. The van der Waals surface area contributed by atoms with Crippen LogP contribution in [0.4, 0.5) is 13.2 Å². The third-order valence-corrected chi connectivity index (χ3v) is 5.00. The lowest BCUT2D eigenvalue weighted by molar-refractivity contribution is -0.144. The van der Waals surface area contributed by atoms with E-state index < -0.39 is 29.7 Å². The summed E-state index contributed by atoms with van der Waals surface area (Å²) in [5.74, 6) is -1.47. The van der Waals surface area contributed by atoms with Gasteiger partial charge in [-0.15, -0.1) is 0 Å². The molecule has 2 heterocycles. The van der Waals surface area contributed by atoms with Gasteiger partial charge in [-0.2, -0.15) is 13.2 Å². The minimum atomic E-state index is -4.47. The lowest BCUT2D eigenvalue weighted by atomic mass is 9.90. The normalized spacial score (nSPS) is 19.6. The number of benzene rings is 1. The van der Waals surface area contributed by atoms with Gasteiger partial charge in [0.25, 0.3) is 0 Å². The number of pyridine rings is 1. The largest absolute Gasteiger partial charge is 0.481 e. The average Bonchev–Trinajstić information content (AvgIpc) is 2.66. The summed E-state index contributed by atoms with van der Waals surface area (Å²) in [6.07, 6.45) is -1.38. The number of alkyl halides is 3. The summed E-state index contributed by atoms with van der Waals surface area (Å²) in [4.78, 5) is 17.5. The van der Waals surface area contributed by atoms with Gasteiger partial charge >= 0.3 is 12.1 Å². The second-order valence-electron chi connectivity index (χ2n) is 6.80. The van der Waals surface area contributed by atoms with Crippen LogP contribution >= 0.6 is 0 Å². The summed E-state index contributed by atoms with van der Waals surface area (Å²) in [7, 11) is 0. The molecule has 144 valence electrons. The van der Waals surface area contributed by atoms with E-state index in [4.69, 9.17) is 0 Å². The van der Waals surface area contributed by atoms with Crippen LogP contribution in [0.25, 0.3) is 0 Å². The molecule has 2 aromatic rings. The molecule has 0 amide bonds. The van der Waals surface area contributed by atoms with Gasteiger partial charge in [0, 0.05) is 30.9 Å². The topological polar surface area (TPSA) is 53.4 Å². The molecule has 1 saturated heterocycles. The number of rotatable bonds is 5. The van der Waals surface area contributed by atoms with E-state index in [1.807, 2.05) is 4.90 Å². The molecule has 1 aromatic carbocycles. The highest BCUT2D eigenvalue weighted by molar-refractivity contribution is 5.70. The number of halogens is 3. The molecule has 0 saturated carbocycles. The van der Waals surface area contributed by atoms with Crippen molar-refractivity contribution in [2.75, 3.05) is 13.1 Å². The quantitative estimate of drug-likeness (QED) is 0.848. The molecule has 4 nitrogen and oxygen atoms in total. The predicted molar refractivity (Wildman–Crippen MR) is 94.1 cm³/mol. The Hall–Kier alpha value is -2.41. The van der Waals surface area contributed by atoms with Gasteiger partial charge in [-0.1, -0.05) is 24.3 Å². The number of hydrogen-bond donors (Lipinski definition) is 1. The summed E-state index contributed by atoms with van der Waals surface area (Å²) in [5, 5.41) is 9.36. The molecule has 1 aromatic heterocycles. The number of aliphatic carboxylic acids is 1. The molecule has 1 N–H and O–H groups in total. The maximum absolute atomic E-state index is 13.6. The van der Waals surface area contributed by atoms with E-state index in [1.54, 1.807) is 30.5 Å². The van der Waals surface area contributed by atoms with Gasteiger partial charge < -0.3 is 5.11 Å². The lowest BCUT2D eigenvalue weighted by Crippen LogP contribution is -2.42. The number of aromatic nitrogens is 1. The van der Waals surface area contributed by atoms with Crippen LogP contribution in [0, 0.1) is 5.92 Å². The zero-order chi connectivity index (χ0) is 19.4. The third kappa shape index (κ3) is 4.66. The highest BCUT2D eigenvalue weighted by atomic mass is 19.4. The average molecular weight is 378 g/mol. The molecular formula is C20H21F3N2O2. The maximum atomic E-state index is 13.6. The first-order chi connectivity index (χ1) is 12.9. The smallest absolute Gasteiger partial charge is 0.416 e.